The third-order valence-electron chi connectivity index (χ3n) is 3.10. The molecule has 0 aliphatic carbocycles. The Hall–Kier alpha value is -2.47. The van der Waals surface area contributed by atoms with Crippen LogP contribution in [0.2, 0.25) is 5.02 Å². The van der Waals surface area contributed by atoms with Crippen molar-refractivity contribution in [3.63, 3.8) is 0 Å². The van der Waals surface area contributed by atoms with Crippen LogP contribution in [-0.2, 0) is 6.54 Å². The molecule has 0 unspecified atom stereocenters. The zero-order valence-electron chi connectivity index (χ0n) is 11.4. The number of rotatable bonds is 4. The Morgan fingerprint density at radius 1 is 1.29 bits per heavy atom. The molecule has 2 heterocycles. The maximum atomic E-state index is 6.15. The second-order valence-electron chi connectivity index (χ2n) is 4.44. The van der Waals surface area contributed by atoms with E-state index in [9.17, 15) is 0 Å². The van der Waals surface area contributed by atoms with E-state index in [1.54, 1.807) is 11.6 Å². The molecule has 0 atom stereocenters. The fourth-order valence-corrected chi connectivity index (χ4v) is 2.28. The average Bonchev–Trinajstić information content (AvgIpc) is 2.87. The summed E-state index contributed by atoms with van der Waals surface area (Å²) in [6.45, 7) is 0.570. The van der Waals surface area contributed by atoms with Crippen molar-refractivity contribution in [2.45, 2.75) is 6.54 Å². The number of halogens is 1. The Bertz CT molecular complexity index is 786. The number of ether oxygens (including phenoxy) is 1. The van der Waals surface area contributed by atoms with E-state index in [-0.39, 0.29) is 5.95 Å². The summed E-state index contributed by atoms with van der Waals surface area (Å²) in [5.41, 5.74) is 7.23. The highest BCUT2D eigenvalue weighted by molar-refractivity contribution is 6.31. The molecule has 21 heavy (non-hydrogen) atoms. The van der Waals surface area contributed by atoms with Gasteiger partial charge in [-0.25, -0.2) is 0 Å². The summed E-state index contributed by atoms with van der Waals surface area (Å²) in [6.07, 6.45) is 0. The van der Waals surface area contributed by atoms with Gasteiger partial charge in [0.1, 0.15) is 5.82 Å². The van der Waals surface area contributed by atoms with Gasteiger partial charge in [-0.15, -0.1) is 5.10 Å². The standard InChI is InChI=1S/C14H14ClN5O/c1-21-11-6-7-12(20-13(11)18-14(16)19-20)17-8-9-4-2-3-5-10(9)15/h2-7,17H,8H2,1H3,(H2,16,19). The third kappa shape index (κ3) is 2.57. The lowest BCUT2D eigenvalue weighted by molar-refractivity contribution is 0.416. The number of nitrogens with two attached hydrogens (primary N) is 1. The van der Waals surface area contributed by atoms with E-state index in [1.807, 2.05) is 36.4 Å². The van der Waals surface area contributed by atoms with Crippen molar-refractivity contribution in [1.82, 2.24) is 14.6 Å². The number of benzene rings is 1. The second-order valence-corrected chi connectivity index (χ2v) is 4.84. The average molecular weight is 304 g/mol. The van der Waals surface area contributed by atoms with E-state index in [2.05, 4.69) is 15.4 Å². The van der Waals surface area contributed by atoms with E-state index < -0.39 is 0 Å². The summed E-state index contributed by atoms with van der Waals surface area (Å²) in [4.78, 5) is 4.16. The van der Waals surface area contributed by atoms with Crippen molar-refractivity contribution in [2.75, 3.05) is 18.2 Å². The number of hydrogen-bond acceptors (Lipinski definition) is 5. The topological polar surface area (TPSA) is 77.5 Å². The van der Waals surface area contributed by atoms with Crippen molar-refractivity contribution < 1.29 is 4.74 Å². The molecule has 0 aliphatic rings. The van der Waals surface area contributed by atoms with Crippen molar-refractivity contribution in [1.29, 1.82) is 0 Å². The van der Waals surface area contributed by atoms with Crippen LogP contribution in [0.15, 0.2) is 36.4 Å². The normalized spacial score (nSPS) is 10.8. The van der Waals surface area contributed by atoms with E-state index in [0.29, 0.717) is 23.0 Å². The first-order valence-corrected chi connectivity index (χ1v) is 6.73. The molecule has 0 radical (unpaired) electrons. The minimum atomic E-state index is 0.195. The number of hydrogen-bond donors (Lipinski definition) is 2. The van der Waals surface area contributed by atoms with Crippen LogP contribution in [0.25, 0.3) is 5.65 Å². The molecule has 3 rings (SSSR count). The van der Waals surface area contributed by atoms with Gasteiger partial charge in [0.05, 0.1) is 7.11 Å². The maximum Gasteiger partial charge on any atom is 0.240 e. The molecular weight excluding hydrogens is 290 g/mol. The van der Waals surface area contributed by atoms with E-state index in [0.717, 1.165) is 11.4 Å². The van der Waals surface area contributed by atoms with Crippen molar-refractivity contribution in [3.05, 3.63) is 47.0 Å². The Balaban J connectivity index is 1.93. The number of nitrogen functional groups attached to an aromatic ring is 1. The summed E-state index contributed by atoms with van der Waals surface area (Å²) < 4.78 is 6.87. The van der Waals surface area contributed by atoms with Gasteiger partial charge in [0, 0.05) is 11.6 Å². The van der Waals surface area contributed by atoms with Crippen LogP contribution in [0, 0.1) is 0 Å². The Labute approximate surface area is 126 Å². The van der Waals surface area contributed by atoms with Gasteiger partial charge < -0.3 is 15.8 Å². The predicted molar refractivity (Wildman–Crippen MR) is 82.7 cm³/mol. The highest BCUT2D eigenvalue weighted by Gasteiger charge is 2.11. The number of anilines is 2. The van der Waals surface area contributed by atoms with Gasteiger partial charge in [-0.3, -0.25) is 0 Å². The molecule has 0 aliphatic heterocycles. The minimum Gasteiger partial charge on any atom is -0.493 e. The fraction of sp³-hybridized carbons (Fsp3) is 0.143. The van der Waals surface area contributed by atoms with Gasteiger partial charge in [-0.1, -0.05) is 29.8 Å². The summed E-state index contributed by atoms with van der Waals surface area (Å²) in [5, 5.41) is 8.15. The summed E-state index contributed by atoms with van der Waals surface area (Å²) in [5.74, 6) is 1.57. The van der Waals surface area contributed by atoms with Crippen LogP contribution in [0.4, 0.5) is 11.8 Å². The lowest BCUT2D eigenvalue weighted by atomic mass is 10.2. The van der Waals surface area contributed by atoms with Gasteiger partial charge in [-0.2, -0.15) is 9.50 Å². The first kappa shape index (κ1) is 13.5. The Kier molecular flexibility index (Phi) is 3.53. The quantitative estimate of drug-likeness (QED) is 0.774. The number of fused-ring (bicyclic) bond motifs is 1. The Morgan fingerprint density at radius 2 is 2.10 bits per heavy atom. The zero-order chi connectivity index (χ0) is 14.8. The van der Waals surface area contributed by atoms with Gasteiger partial charge in [0.15, 0.2) is 5.75 Å². The van der Waals surface area contributed by atoms with Crippen LogP contribution in [-0.4, -0.2) is 21.7 Å². The molecule has 6 nitrogen and oxygen atoms in total. The second kappa shape index (κ2) is 5.49. The SMILES string of the molecule is COc1ccc(NCc2ccccc2Cl)n2nc(N)nc12. The molecule has 0 saturated heterocycles. The van der Waals surface area contributed by atoms with Gasteiger partial charge >= 0.3 is 0 Å². The molecule has 0 fully saturated rings. The molecule has 0 bridgehead atoms. The fourth-order valence-electron chi connectivity index (χ4n) is 2.08. The summed E-state index contributed by atoms with van der Waals surface area (Å²) in [6, 6.07) is 11.3. The first-order chi connectivity index (χ1) is 10.2. The Morgan fingerprint density at radius 3 is 2.86 bits per heavy atom. The summed E-state index contributed by atoms with van der Waals surface area (Å²) in [7, 11) is 1.58. The number of pyridine rings is 1. The van der Waals surface area contributed by atoms with Crippen LogP contribution < -0.4 is 15.8 Å². The third-order valence-corrected chi connectivity index (χ3v) is 3.47. The highest BCUT2D eigenvalue weighted by Crippen LogP contribution is 2.23. The molecule has 0 spiro atoms. The molecule has 108 valence electrons. The minimum absolute atomic E-state index is 0.195. The molecule has 3 N–H and O–H groups in total. The van der Waals surface area contributed by atoms with Crippen LogP contribution in [0.5, 0.6) is 5.75 Å². The first-order valence-electron chi connectivity index (χ1n) is 6.35. The molecular formula is C14H14ClN5O. The maximum absolute atomic E-state index is 6.15. The van der Waals surface area contributed by atoms with Gasteiger partial charge in [0.25, 0.3) is 0 Å². The summed E-state index contributed by atoms with van der Waals surface area (Å²) >= 11 is 6.15. The number of nitrogens with one attached hydrogen (secondary N) is 1. The van der Waals surface area contributed by atoms with E-state index in [1.165, 1.54) is 0 Å². The van der Waals surface area contributed by atoms with Crippen LogP contribution >= 0.6 is 11.6 Å². The molecule has 7 heteroatoms. The largest absolute Gasteiger partial charge is 0.493 e. The highest BCUT2D eigenvalue weighted by atomic mass is 35.5. The van der Waals surface area contributed by atoms with Crippen molar-refractivity contribution in [2.24, 2.45) is 0 Å². The lowest BCUT2D eigenvalue weighted by Gasteiger charge is -2.10. The van der Waals surface area contributed by atoms with Crippen LogP contribution in [0.3, 0.4) is 0 Å². The molecule has 3 aromatic rings. The molecule has 0 saturated carbocycles. The number of methoxy groups -OCH3 is 1. The molecule has 0 amide bonds. The monoisotopic (exact) mass is 303 g/mol. The predicted octanol–water partition coefficient (Wildman–Crippen LogP) is 2.59. The molecule has 2 aromatic heterocycles. The number of aromatic nitrogens is 3. The van der Waals surface area contributed by atoms with E-state index >= 15 is 0 Å². The van der Waals surface area contributed by atoms with E-state index in [4.69, 9.17) is 22.1 Å². The smallest absolute Gasteiger partial charge is 0.240 e. The van der Waals surface area contributed by atoms with Gasteiger partial charge in [0.2, 0.25) is 11.6 Å². The lowest BCUT2D eigenvalue weighted by Crippen LogP contribution is -2.06. The van der Waals surface area contributed by atoms with Crippen molar-refractivity contribution >= 4 is 29.0 Å². The van der Waals surface area contributed by atoms with Gasteiger partial charge in [-0.05, 0) is 23.8 Å². The number of nitrogens with zero attached hydrogens (tertiary/aromatic N) is 3. The van der Waals surface area contributed by atoms with Crippen molar-refractivity contribution in [3.8, 4) is 5.75 Å². The molecule has 1 aromatic carbocycles. The zero-order valence-corrected chi connectivity index (χ0v) is 12.1. The van der Waals surface area contributed by atoms with Crippen LogP contribution in [0.1, 0.15) is 5.56 Å².